The molecule has 0 radical (unpaired) electrons. The maximum absolute atomic E-state index is 5.78. The number of aromatic nitrogens is 1. The van der Waals surface area contributed by atoms with Crippen LogP contribution in [0.3, 0.4) is 0 Å². The van der Waals surface area contributed by atoms with Crippen LogP contribution in [0.1, 0.15) is 30.5 Å². The Balaban J connectivity index is 0.00000192. The van der Waals surface area contributed by atoms with Crippen molar-refractivity contribution in [2.45, 2.75) is 32.5 Å². The standard InChI is InChI=1S/C24H24N2O.ClH/c1-2-26-22-9-5-3-7-18(22)20-15-17(11-12-23(20)26)16-25-21-13-14-27-24-10-6-4-8-19(21)24;/h3-12,15,21,25H,2,13-14,16H2,1H3;1H. The van der Waals surface area contributed by atoms with Crippen molar-refractivity contribution >= 4 is 34.2 Å². The van der Waals surface area contributed by atoms with Gasteiger partial charge >= 0.3 is 0 Å². The number of nitrogens with one attached hydrogen (secondary N) is 1. The average Bonchev–Trinajstić information content (AvgIpc) is 3.05. The van der Waals surface area contributed by atoms with Gasteiger partial charge in [-0.25, -0.2) is 0 Å². The van der Waals surface area contributed by atoms with Gasteiger partial charge in [-0.3, -0.25) is 0 Å². The maximum Gasteiger partial charge on any atom is 0.124 e. The SMILES string of the molecule is CCn1c2ccccc2c2cc(CNC3CCOc4ccccc43)ccc21.Cl. The molecule has 1 atom stereocenters. The van der Waals surface area contributed by atoms with Gasteiger partial charge in [0.25, 0.3) is 0 Å². The summed E-state index contributed by atoms with van der Waals surface area (Å²) in [5, 5.41) is 6.43. The summed E-state index contributed by atoms with van der Waals surface area (Å²) >= 11 is 0. The van der Waals surface area contributed by atoms with Crippen LogP contribution >= 0.6 is 12.4 Å². The molecule has 1 aliphatic rings. The largest absolute Gasteiger partial charge is 0.493 e. The molecule has 1 unspecified atom stereocenters. The van der Waals surface area contributed by atoms with E-state index in [2.05, 4.69) is 77.5 Å². The zero-order valence-corrected chi connectivity index (χ0v) is 16.8. The Bertz CT molecular complexity index is 1120. The Morgan fingerprint density at radius 1 is 0.964 bits per heavy atom. The van der Waals surface area contributed by atoms with Crippen molar-refractivity contribution in [2.24, 2.45) is 0 Å². The normalized spacial score (nSPS) is 15.8. The third-order valence-electron chi connectivity index (χ3n) is 5.66. The molecule has 0 saturated heterocycles. The highest BCUT2D eigenvalue weighted by Crippen LogP contribution is 2.33. The first-order valence-corrected chi connectivity index (χ1v) is 9.80. The van der Waals surface area contributed by atoms with Crippen molar-refractivity contribution < 1.29 is 4.74 Å². The molecular weight excluding hydrogens is 368 g/mol. The van der Waals surface area contributed by atoms with Crippen LogP contribution in [0.15, 0.2) is 66.7 Å². The Labute approximate surface area is 171 Å². The molecule has 1 aliphatic heterocycles. The third-order valence-corrected chi connectivity index (χ3v) is 5.66. The predicted octanol–water partition coefficient (Wildman–Crippen LogP) is 5.85. The number of nitrogens with zero attached hydrogens (tertiary/aromatic N) is 1. The van der Waals surface area contributed by atoms with Gasteiger partial charge in [0.2, 0.25) is 0 Å². The van der Waals surface area contributed by atoms with E-state index >= 15 is 0 Å². The Hall–Kier alpha value is -2.49. The molecule has 0 amide bonds. The van der Waals surface area contributed by atoms with Crippen LogP contribution in [0.4, 0.5) is 0 Å². The van der Waals surface area contributed by atoms with E-state index in [1.165, 1.54) is 32.9 Å². The van der Waals surface area contributed by atoms with E-state index in [1.807, 2.05) is 6.07 Å². The summed E-state index contributed by atoms with van der Waals surface area (Å²) in [7, 11) is 0. The van der Waals surface area contributed by atoms with Crippen molar-refractivity contribution in [1.82, 2.24) is 9.88 Å². The first-order chi connectivity index (χ1) is 13.3. The number of hydrogen-bond acceptors (Lipinski definition) is 2. The van der Waals surface area contributed by atoms with Gasteiger partial charge in [-0.05, 0) is 36.8 Å². The summed E-state index contributed by atoms with van der Waals surface area (Å²) < 4.78 is 8.18. The van der Waals surface area contributed by atoms with Crippen molar-refractivity contribution in [3.8, 4) is 5.75 Å². The van der Waals surface area contributed by atoms with Crippen LogP contribution in [0.25, 0.3) is 21.8 Å². The molecule has 4 aromatic rings. The van der Waals surface area contributed by atoms with Crippen molar-refractivity contribution in [3.05, 3.63) is 77.9 Å². The highest BCUT2D eigenvalue weighted by atomic mass is 35.5. The Kier molecular flexibility index (Phi) is 5.29. The summed E-state index contributed by atoms with van der Waals surface area (Å²) in [6.07, 6.45) is 1.01. The molecule has 1 aromatic heterocycles. The summed E-state index contributed by atoms with van der Waals surface area (Å²) in [5.41, 5.74) is 5.23. The Morgan fingerprint density at radius 2 is 1.75 bits per heavy atom. The van der Waals surface area contributed by atoms with Crippen molar-refractivity contribution in [2.75, 3.05) is 6.61 Å². The number of rotatable bonds is 4. The molecule has 3 nitrogen and oxygen atoms in total. The van der Waals surface area contributed by atoms with Gasteiger partial charge < -0.3 is 14.6 Å². The molecule has 28 heavy (non-hydrogen) atoms. The van der Waals surface area contributed by atoms with E-state index in [9.17, 15) is 0 Å². The quantitative estimate of drug-likeness (QED) is 0.471. The Morgan fingerprint density at radius 3 is 2.64 bits per heavy atom. The topological polar surface area (TPSA) is 26.2 Å². The maximum atomic E-state index is 5.78. The van der Waals surface area contributed by atoms with E-state index in [0.717, 1.165) is 31.9 Å². The highest BCUT2D eigenvalue weighted by molar-refractivity contribution is 6.08. The van der Waals surface area contributed by atoms with Gasteiger partial charge in [0.05, 0.1) is 6.61 Å². The second kappa shape index (κ2) is 7.86. The molecule has 0 fully saturated rings. The number of para-hydroxylation sites is 2. The minimum Gasteiger partial charge on any atom is -0.493 e. The van der Waals surface area contributed by atoms with E-state index in [0.29, 0.717) is 6.04 Å². The number of halogens is 1. The summed E-state index contributed by atoms with van der Waals surface area (Å²) in [6.45, 7) is 4.84. The molecule has 144 valence electrons. The van der Waals surface area contributed by atoms with E-state index < -0.39 is 0 Å². The number of hydrogen-bond donors (Lipinski definition) is 1. The molecule has 1 N–H and O–H groups in total. The van der Waals surface area contributed by atoms with Gasteiger partial charge in [0, 0.05) is 52.9 Å². The zero-order valence-electron chi connectivity index (χ0n) is 16.0. The summed E-state index contributed by atoms with van der Waals surface area (Å²) in [4.78, 5) is 0. The molecule has 2 heterocycles. The van der Waals surface area contributed by atoms with Gasteiger partial charge in [-0.15, -0.1) is 12.4 Å². The third kappa shape index (κ3) is 3.15. The van der Waals surface area contributed by atoms with E-state index in [4.69, 9.17) is 4.74 Å². The lowest BCUT2D eigenvalue weighted by molar-refractivity contribution is 0.252. The lowest BCUT2D eigenvalue weighted by Gasteiger charge is -2.26. The van der Waals surface area contributed by atoms with Gasteiger partial charge in [0.1, 0.15) is 5.75 Å². The first-order valence-electron chi connectivity index (χ1n) is 9.80. The van der Waals surface area contributed by atoms with Crippen LogP contribution < -0.4 is 10.1 Å². The number of ether oxygens (including phenoxy) is 1. The molecular formula is C24H25ClN2O. The first kappa shape index (κ1) is 18.9. The molecule has 0 spiro atoms. The monoisotopic (exact) mass is 392 g/mol. The number of aryl methyl sites for hydroxylation is 1. The van der Waals surface area contributed by atoms with Crippen LogP contribution in [0.2, 0.25) is 0 Å². The molecule has 0 saturated carbocycles. The molecule has 5 rings (SSSR count). The van der Waals surface area contributed by atoms with Crippen LogP contribution in [0.5, 0.6) is 5.75 Å². The summed E-state index contributed by atoms with van der Waals surface area (Å²) in [6, 6.07) is 24.3. The fourth-order valence-electron chi connectivity index (χ4n) is 4.35. The summed E-state index contributed by atoms with van der Waals surface area (Å²) in [5.74, 6) is 1.02. The molecule has 0 aliphatic carbocycles. The van der Waals surface area contributed by atoms with Crippen LogP contribution in [-0.2, 0) is 13.1 Å². The number of fused-ring (bicyclic) bond motifs is 4. The zero-order chi connectivity index (χ0) is 18.2. The minimum absolute atomic E-state index is 0. The molecule has 3 aromatic carbocycles. The van der Waals surface area contributed by atoms with Gasteiger partial charge in [-0.1, -0.05) is 42.5 Å². The fourth-order valence-corrected chi connectivity index (χ4v) is 4.35. The molecule has 4 heteroatoms. The van der Waals surface area contributed by atoms with E-state index in [1.54, 1.807) is 0 Å². The second-order valence-electron chi connectivity index (χ2n) is 7.22. The van der Waals surface area contributed by atoms with Gasteiger partial charge in [0.15, 0.2) is 0 Å². The number of benzene rings is 3. The van der Waals surface area contributed by atoms with Crippen molar-refractivity contribution in [1.29, 1.82) is 0 Å². The second-order valence-corrected chi connectivity index (χ2v) is 7.22. The van der Waals surface area contributed by atoms with Crippen molar-refractivity contribution in [3.63, 3.8) is 0 Å². The fraction of sp³-hybridized carbons (Fsp3) is 0.250. The van der Waals surface area contributed by atoms with E-state index in [-0.39, 0.29) is 12.4 Å². The lowest BCUT2D eigenvalue weighted by atomic mass is 10.00. The smallest absolute Gasteiger partial charge is 0.124 e. The molecule has 0 bridgehead atoms. The predicted molar refractivity (Wildman–Crippen MR) is 119 cm³/mol. The average molecular weight is 393 g/mol. The highest BCUT2D eigenvalue weighted by Gasteiger charge is 2.20. The lowest BCUT2D eigenvalue weighted by Crippen LogP contribution is -2.26. The minimum atomic E-state index is 0. The van der Waals surface area contributed by atoms with Crippen LogP contribution in [-0.4, -0.2) is 11.2 Å². The van der Waals surface area contributed by atoms with Gasteiger partial charge in [-0.2, -0.15) is 0 Å². The van der Waals surface area contributed by atoms with Crippen LogP contribution in [0, 0.1) is 0 Å².